The number of amides is 2. The van der Waals surface area contributed by atoms with Crippen LogP contribution in [0.3, 0.4) is 0 Å². The van der Waals surface area contributed by atoms with E-state index in [9.17, 15) is 9.59 Å². The van der Waals surface area contributed by atoms with Gasteiger partial charge in [0.05, 0.1) is 0 Å². The van der Waals surface area contributed by atoms with Crippen LogP contribution in [-0.2, 0) is 16.1 Å². The van der Waals surface area contributed by atoms with Crippen molar-refractivity contribution in [2.45, 2.75) is 71.5 Å². The summed E-state index contributed by atoms with van der Waals surface area (Å²) < 4.78 is 5.78. The van der Waals surface area contributed by atoms with Crippen molar-refractivity contribution in [3.63, 3.8) is 0 Å². The first kappa shape index (κ1) is 22.9. The summed E-state index contributed by atoms with van der Waals surface area (Å²) in [6.45, 7) is 6.26. The lowest BCUT2D eigenvalue weighted by Crippen LogP contribution is -2.52. The van der Waals surface area contributed by atoms with E-state index >= 15 is 0 Å². The van der Waals surface area contributed by atoms with Gasteiger partial charge in [-0.2, -0.15) is 0 Å². The summed E-state index contributed by atoms with van der Waals surface area (Å²) in [5, 5.41) is 3.17. The zero-order valence-electron chi connectivity index (χ0n) is 18.9. The number of aryl methyl sites for hydroxylation is 2. The molecule has 1 atom stereocenters. The highest BCUT2D eigenvalue weighted by molar-refractivity contribution is 5.88. The minimum Gasteiger partial charge on any atom is -0.484 e. The van der Waals surface area contributed by atoms with E-state index in [1.165, 1.54) is 0 Å². The topological polar surface area (TPSA) is 58.6 Å². The number of nitrogens with one attached hydrogen (secondary N) is 1. The molecule has 1 N–H and O–H groups in total. The molecule has 2 aromatic carbocycles. The SMILES string of the molecule is CC[C@@H](C(=O)NC1CCCC1)N(Cc1cccc(C)c1)C(=O)COc1cccc(C)c1. The molecule has 5 heteroatoms. The van der Waals surface area contributed by atoms with E-state index in [1.807, 2.05) is 63.2 Å². The fraction of sp³-hybridized carbons (Fsp3) is 0.462. The summed E-state index contributed by atoms with van der Waals surface area (Å²) in [6, 6.07) is 15.4. The average Bonchev–Trinajstić information content (AvgIpc) is 3.25. The maximum Gasteiger partial charge on any atom is 0.261 e. The fourth-order valence-corrected chi connectivity index (χ4v) is 4.23. The van der Waals surface area contributed by atoms with Gasteiger partial charge >= 0.3 is 0 Å². The van der Waals surface area contributed by atoms with E-state index in [0.717, 1.165) is 42.4 Å². The maximum atomic E-state index is 13.3. The van der Waals surface area contributed by atoms with Crippen molar-refractivity contribution in [2.75, 3.05) is 6.61 Å². The smallest absolute Gasteiger partial charge is 0.261 e. The minimum atomic E-state index is -0.519. The largest absolute Gasteiger partial charge is 0.484 e. The predicted molar refractivity (Wildman–Crippen MR) is 123 cm³/mol. The maximum absolute atomic E-state index is 13.3. The third-order valence-corrected chi connectivity index (χ3v) is 5.87. The van der Waals surface area contributed by atoms with Crippen LogP contribution in [0.5, 0.6) is 5.75 Å². The first-order valence-corrected chi connectivity index (χ1v) is 11.3. The lowest BCUT2D eigenvalue weighted by molar-refractivity contribution is -0.143. The van der Waals surface area contributed by atoms with Gasteiger partial charge in [0.2, 0.25) is 5.91 Å². The number of carbonyl (C=O) groups excluding carboxylic acids is 2. The highest BCUT2D eigenvalue weighted by Gasteiger charge is 2.30. The summed E-state index contributed by atoms with van der Waals surface area (Å²) in [5.41, 5.74) is 3.21. The Hall–Kier alpha value is -2.82. The standard InChI is InChI=1S/C26H34N2O3/c1-4-24(26(30)27-22-12-5-6-13-22)28(17-21-11-7-9-19(2)15-21)25(29)18-31-23-14-8-10-20(3)16-23/h7-11,14-16,22,24H,4-6,12-13,17-18H2,1-3H3,(H,27,30)/t24-/m0/s1. The number of rotatable bonds is 9. The molecule has 5 nitrogen and oxygen atoms in total. The van der Waals surface area contributed by atoms with Crippen LogP contribution in [-0.4, -0.2) is 35.4 Å². The van der Waals surface area contributed by atoms with Crippen LogP contribution >= 0.6 is 0 Å². The summed E-state index contributed by atoms with van der Waals surface area (Å²) >= 11 is 0. The highest BCUT2D eigenvalue weighted by atomic mass is 16.5. The van der Waals surface area contributed by atoms with Gasteiger partial charge in [0, 0.05) is 12.6 Å². The molecule has 1 aliphatic rings. The normalized spacial score (nSPS) is 14.8. The van der Waals surface area contributed by atoms with Crippen LogP contribution < -0.4 is 10.1 Å². The molecule has 2 amide bonds. The Kier molecular flexibility index (Phi) is 8.10. The zero-order chi connectivity index (χ0) is 22.2. The van der Waals surface area contributed by atoms with Gasteiger partial charge in [0.25, 0.3) is 5.91 Å². The van der Waals surface area contributed by atoms with Gasteiger partial charge in [-0.1, -0.05) is 61.7 Å². The molecule has 1 fully saturated rings. The molecule has 3 rings (SSSR count). The molecule has 1 aliphatic carbocycles. The van der Waals surface area contributed by atoms with Gasteiger partial charge in [-0.05, 0) is 56.4 Å². The Morgan fingerprint density at radius 2 is 1.74 bits per heavy atom. The summed E-state index contributed by atoms with van der Waals surface area (Å²) in [4.78, 5) is 28.0. The van der Waals surface area contributed by atoms with Gasteiger partial charge in [0.1, 0.15) is 11.8 Å². The van der Waals surface area contributed by atoms with Crippen molar-refractivity contribution < 1.29 is 14.3 Å². The van der Waals surface area contributed by atoms with E-state index in [-0.39, 0.29) is 24.5 Å². The molecular formula is C26H34N2O3. The predicted octanol–water partition coefficient (Wildman–Crippen LogP) is 4.55. The molecule has 0 aliphatic heterocycles. The van der Waals surface area contributed by atoms with Crippen LogP contribution in [0.25, 0.3) is 0 Å². The highest BCUT2D eigenvalue weighted by Crippen LogP contribution is 2.20. The summed E-state index contributed by atoms with van der Waals surface area (Å²) in [6.07, 6.45) is 4.89. The van der Waals surface area contributed by atoms with Gasteiger partial charge in [0.15, 0.2) is 6.61 Å². The molecule has 166 valence electrons. The van der Waals surface area contributed by atoms with Gasteiger partial charge in [-0.15, -0.1) is 0 Å². The van der Waals surface area contributed by atoms with E-state index in [4.69, 9.17) is 4.74 Å². The van der Waals surface area contributed by atoms with Crippen LogP contribution in [0.2, 0.25) is 0 Å². The third-order valence-electron chi connectivity index (χ3n) is 5.87. The van der Waals surface area contributed by atoms with Gasteiger partial charge < -0.3 is 15.0 Å². The molecule has 0 saturated heterocycles. The molecule has 0 radical (unpaired) electrons. The number of hydrogen-bond acceptors (Lipinski definition) is 3. The first-order chi connectivity index (χ1) is 15.0. The van der Waals surface area contributed by atoms with Crippen molar-refractivity contribution in [3.8, 4) is 5.75 Å². The van der Waals surface area contributed by atoms with E-state index in [1.54, 1.807) is 4.90 Å². The van der Waals surface area contributed by atoms with E-state index in [0.29, 0.717) is 18.7 Å². The van der Waals surface area contributed by atoms with Crippen LogP contribution in [0.4, 0.5) is 0 Å². The fourth-order valence-electron chi connectivity index (χ4n) is 4.23. The second-order valence-corrected chi connectivity index (χ2v) is 8.53. The van der Waals surface area contributed by atoms with Gasteiger partial charge in [-0.3, -0.25) is 9.59 Å². The average molecular weight is 423 g/mol. The third kappa shape index (κ3) is 6.58. The second-order valence-electron chi connectivity index (χ2n) is 8.53. The molecule has 0 bridgehead atoms. The van der Waals surface area contributed by atoms with Crippen LogP contribution in [0.15, 0.2) is 48.5 Å². The Morgan fingerprint density at radius 3 is 2.39 bits per heavy atom. The van der Waals surface area contributed by atoms with Crippen molar-refractivity contribution in [1.29, 1.82) is 0 Å². The molecule has 31 heavy (non-hydrogen) atoms. The molecule has 0 aromatic heterocycles. The minimum absolute atomic E-state index is 0.0639. The number of ether oxygens (including phenoxy) is 1. The molecule has 0 spiro atoms. The van der Waals surface area contributed by atoms with Crippen molar-refractivity contribution in [3.05, 3.63) is 65.2 Å². The Balaban J connectivity index is 1.76. The molecular weight excluding hydrogens is 388 g/mol. The summed E-state index contributed by atoms with van der Waals surface area (Å²) in [5.74, 6) is 0.412. The Morgan fingerprint density at radius 1 is 1.06 bits per heavy atom. The molecule has 0 unspecified atom stereocenters. The lowest BCUT2D eigenvalue weighted by Gasteiger charge is -2.31. The Bertz CT molecular complexity index is 890. The number of benzene rings is 2. The quantitative estimate of drug-likeness (QED) is 0.645. The van der Waals surface area contributed by atoms with Crippen molar-refractivity contribution >= 4 is 11.8 Å². The summed E-state index contributed by atoms with van der Waals surface area (Å²) in [7, 11) is 0. The lowest BCUT2D eigenvalue weighted by atomic mass is 10.1. The molecule has 1 saturated carbocycles. The number of carbonyl (C=O) groups is 2. The molecule has 0 heterocycles. The van der Waals surface area contributed by atoms with Gasteiger partial charge in [-0.25, -0.2) is 0 Å². The Labute approximate surface area is 185 Å². The van der Waals surface area contributed by atoms with E-state index in [2.05, 4.69) is 11.4 Å². The number of hydrogen-bond donors (Lipinski definition) is 1. The first-order valence-electron chi connectivity index (χ1n) is 11.3. The monoisotopic (exact) mass is 422 g/mol. The zero-order valence-corrected chi connectivity index (χ0v) is 18.9. The van der Waals surface area contributed by atoms with Crippen molar-refractivity contribution in [1.82, 2.24) is 10.2 Å². The van der Waals surface area contributed by atoms with Crippen LogP contribution in [0.1, 0.15) is 55.7 Å². The molecule has 2 aromatic rings. The second kappa shape index (κ2) is 11.0. The van der Waals surface area contributed by atoms with Crippen molar-refractivity contribution in [2.24, 2.45) is 0 Å². The van der Waals surface area contributed by atoms with E-state index < -0.39 is 6.04 Å². The van der Waals surface area contributed by atoms with Crippen LogP contribution in [0, 0.1) is 13.8 Å². The number of nitrogens with zero attached hydrogens (tertiary/aromatic N) is 1.